The number of amides is 1. The number of esters is 1. The maximum Gasteiger partial charge on any atom is 0.328 e. The van der Waals surface area contributed by atoms with Gasteiger partial charge in [0.15, 0.2) is 11.5 Å². The van der Waals surface area contributed by atoms with Gasteiger partial charge in [0.05, 0.1) is 22.3 Å². The van der Waals surface area contributed by atoms with Gasteiger partial charge in [-0.25, -0.2) is 9.78 Å². The summed E-state index contributed by atoms with van der Waals surface area (Å²) in [4.78, 5) is 28.5. The zero-order valence-corrected chi connectivity index (χ0v) is 16.8. The molecule has 1 N–H and O–H groups in total. The molecule has 1 atom stereocenters. The van der Waals surface area contributed by atoms with E-state index in [1.165, 1.54) is 13.2 Å². The summed E-state index contributed by atoms with van der Waals surface area (Å²) in [6, 6.07) is 6.38. The Kier molecular flexibility index (Phi) is 5.93. The lowest BCUT2D eigenvalue weighted by Gasteiger charge is -2.18. The molecule has 0 saturated heterocycles. The highest BCUT2D eigenvalue weighted by Gasteiger charge is 2.26. The van der Waals surface area contributed by atoms with Crippen molar-refractivity contribution in [2.75, 3.05) is 7.11 Å². The van der Waals surface area contributed by atoms with E-state index in [2.05, 4.69) is 15.5 Å². The lowest BCUT2D eigenvalue weighted by atomic mass is 10.0. The predicted octanol–water partition coefficient (Wildman–Crippen LogP) is 3.10. The molecule has 0 bridgehead atoms. The molecule has 0 aliphatic carbocycles. The topological polar surface area (TPSA) is 104 Å². The summed E-state index contributed by atoms with van der Waals surface area (Å²) in [7, 11) is 1.28. The van der Waals surface area contributed by atoms with E-state index < -0.39 is 17.9 Å². The number of hydrogen-bond donors (Lipinski definition) is 1. The largest absolute Gasteiger partial charge is 0.485 e. The van der Waals surface area contributed by atoms with Crippen LogP contribution in [-0.2, 0) is 16.1 Å². The van der Waals surface area contributed by atoms with Crippen molar-refractivity contribution in [2.45, 2.75) is 33.4 Å². The zero-order chi connectivity index (χ0) is 20.3. The summed E-state index contributed by atoms with van der Waals surface area (Å²) < 4.78 is 16.7. The summed E-state index contributed by atoms with van der Waals surface area (Å²) in [6.07, 6.45) is 0. The number of fused-ring (bicyclic) bond motifs is 1. The molecule has 0 fully saturated rings. The summed E-state index contributed by atoms with van der Waals surface area (Å²) in [5, 5.41) is 7.35. The smallest absolute Gasteiger partial charge is 0.328 e. The van der Waals surface area contributed by atoms with Gasteiger partial charge in [0, 0.05) is 12.1 Å². The molecule has 3 rings (SSSR count). The fourth-order valence-corrected chi connectivity index (χ4v) is 3.40. The first-order chi connectivity index (χ1) is 13.4. The molecule has 0 saturated carbocycles. The SMILES string of the molecule is COC(=O)[C@@H](NC(=O)c1cc(COc2ccc3sc(C)nc3c2)on1)C(C)C. The Hall–Kier alpha value is -2.94. The van der Waals surface area contributed by atoms with Crippen LogP contribution in [0, 0.1) is 12.8 Å². The molecule has 28 heavy (non-hydrogen) atoms. The second-order valence-corrected chi connectivity index (χ2v) is 7.78. The number of nitrogens with zero attached hydrogens (tertiary/aromatic N) is 2. The first-order valence-corrected chi connectivity index (χ1v) is 9.53. The minimum Gasteiger partial charge on any atom is -0.485 e. The van der Waals surface area contributed by atoms with Gasteiger partial charge in [-0.15, -0.1) is 11.3 Å². The molecule has 148 valence electrons. The van der Waals surface area contributed by atoms with Crippen molar-refractivity contribution >= 4 is 33.4 Å². The third-order valence-corrected chi connectivity index (χ3v) is 5.00. The molecule has 3 aromatic rings. The highest BCUT2D eigenvalue weighted by molar-refractivity contribution is 7.18. The minimum atomic E-state index is -0.762. The molecule has 0 aliphatic heterocycles. The Morgan fingerprint density at radius 2 is 2.07 bits per heavy atom. The number of ether oxygens (including phenoxy) is 2. The predicted molar refractivity (Wildman–Crippen MR) is 103 cm³/mol. The van der Waals surface area contributed by atoms with E-state index in [9.17, 15) is 9.59 Å². The van der Waals surface area contributed by atoms with Crippen LogP contribution in [0.3, 0.4) is 0 Å². The highest BCUT2D eigenvalue weighted by Crippen LogP contribution is 2.26. The van der Waals surface area contributed by atoms with Gasteiger partial charge in [0.25, 0.3) is 5.91 Å². The Balaban J connectivity index is 1.62. The quantitative estimate of drug-likeness (QED) is 0.605. The molecule has 1 amide bonds. The van der Waals surface area contributed by atoms with Crippen molar-refractivity contribution in [3.8, 4) is 5.75 Å². The third-order valence-electron chi connectivity index (χ3n) is 4.05. The van der Waals surface area contributed by atoms with Crippen LogP contribution in [0.1, 0.15) is 35.1 Å². The number of hydrogen-bond acceptors (Lipinski definition) is 8. The highest BCUT2D eigenvalue weighted by atomic mass is 32.1. The molecular weight excluding hydrogens is 382 g/mol. The van der Waals surface area contributed by atoms with Crippen LogP contribution in [-0.4, -0.2) is 35.2 Å². The van der Waals surface area contributed by atoms with Crippen molar-refractivity contribution in [1.29, 1.82) is 0 Å². The number of benzene rings is 1. The maximum atomic E-state index is 12.3. The second kappa shape index (κ2) is 8.39. The van der Waals surface area contributed by atoms with E-state index in [1.807, 2.05) is 39.0 Å². The van der Waals surface area contributed by atoms with Crippen LogP contribution in [0.25, 0.3) is 10.2 Å². The first kappa shape index (κ1) is 19.8. The summed E-state index contributed by atoms with van der Waals surface area (Å²) in [6.45, 7) is 5.69. The number of aromatic nitrogens is 2. The average molecular weight is 403 g/mol. The van der Waals surface area contributed by atoms with Crippen LogP contribution in [0.2, 0.25) is 0 Å². The van der Waals surface area contributed by atoms with Crippen LogP contribution in [0.4, 0.5) is 0 Å². The monoisotopic (exact) mass is 403 g/mol. The van der Waals surface area contributed by atoms with Crippen molar-refractivity contribution in [3.63, 3.8) is 0 Å². The molecule has 0 aliphatic rings. The van der Waals surface area contributed by atoms with Gasteiger partial charge < -0.3 is 19.3 Å². The van der Waals surface area contributed by atoms with Gasteiger partial charge in [0.2, 0.25) is 0 Å². The molecule has 9 heteroatoms. The molecule has 2 aromatic heterocycles. The van der Waals surface area contributed by atoms with E-state index in [-0.39, 0.29) is 18.2 Å². The number of rotatable bonds is 7. The summed E-state index contributed by atoms with van der Waals surface area (Å²) in [5.41, 5.74) is 0.943. The van der Waals surface area contributed by atoms with Crippen LogP contribution in [0.15, 0.2) is 28.8 Å². The number of aryl methyl sites for hydroxylation is 1. The van der Waals surface area contributed by atoms with Gasteiger partial charge >= 0.3 is 5.97 Å². The van der Waals surface area contributed by atoms with Crippen LogP contribution in [0.5, 0.6) is 5.75 Å². The molecular formula is C19H21N3O5S. The lowest BCUT2D eigenvalue weighted by Crippen LogP contribution is -2.45. The standard InChI is InChI=1S/C19H21N3O5S/c1-10(2)17(19(24)25-4)21-18(23)15-8-13(27-22-15)9-26-12-5-6-16-14(7-12)20-11(3)28-16/h5-8,10,17H,9H2,1-4H3,(H,21,23)/t17-/m0/s1. The fraction of sp³-hybridized carbons (Fsp3) is 0.368. The van der Waals surface area contributed by atoms with Gasteiger partial charge in [-0.05, 0) is 25.0 Å². The zero-order valence-electron chi connectivity index (χ0n) is 16.0. The molecule has 2 heterocycles. The van der Waals surface area contributed by atoms with Crippen molar-refractivity contribution in [3.05, 3.63) is 40.7 Å². The van der Waals surface area contributed by atoms with Gasteiger partial charge in [-0.2, -0.15) is 0 Å². The van der Waals surface area contributed by atoms with E-state index >= 15 is 0 Å². The molecule has 0 unspecified atom stereocenters. The Bertz CT molecular complexity index is 995. The summed E-state index contributed by atoms with van der Waals surface area (Å²) in [5.74, 6) is -0.124. The van der Waals surface area contributed by atoms with Crippen LogP contribution < -0.4 is 10.1 Å². The number of carbonyl (C=O) groups excluding carboxylic acids is 2. The third kappa shape index (κ3) is 4.48. The Labute approximate surface area is 165 Å². The summed E-state index contributed by atoms with van der Waals surface area (Å²) >= 11 is 1.62. The number of methoxy groups -OCH3 is 1. The van der Waals surface area contributed by atoms with Gasteiger partial charge in [-0.1, -0.05) is 19.0 Å². The fourth-order valence-electron chi connectivity index (χ4n) is 2.59. The molecule has 8 nitrogen and oxygen atoms in total. The Morgan fingerprint density at radius 1 is 1.29 bits per heavy atom. The first-order valence-electron chi connectivity index (χ1n) is 8.71. The van der Waals surface area contributed by atoms with Crippen molar-refractivity contribution in [2.24, 2.45) is 5.92 Å². The minimum absolute atomic E-state index is 0.0683. The van der Waals surface area contributed by atoms with Crippen molar-refractivity contribution < 1.29 is 23.6 Å². The molecule has 0 radical (unpaired) electrons. The second-order valence-electron chi connectivity index (χ2n) is 6.55. The van der Waals surface area contributed by atoms with E-state index in [1.54, 1.807) is 11.3 Å². The lowest BCUT2D eigenvalue weighted by molar-refractivity contribution is -0.144. The van der Waals surface area contributed by atoms with Crippen molar-refractivity contribution in [1.82, 2.24) is 15.5 Å². The number of thiazole rings is 1. The Morgan fingerprint density at radius 3 is 2.79 bits per heavy atom. The normalized spacial score (nSPS) is 12.2. The maximum absolute atomic E-state index is 12.3. The van der Waals surface area contributed by atoms with Gasteiger partial charge in [-0.3, -0.25) is 4.79 Å². The molecule has 1 aromatic carbocycles. The van der Waals surface area contributed by atoms with E-state index in [0.717, 1.165) is 15.2 Å². The number of carbonyl (C=O) groups is 2. The van der Waals surface area contributed by atoms with Crippen LogP contribution >= 0.6 is 11.3 Å². The van der Waals surface area contributed by atoms with E-state index in [0.29, 0.717) is 11.5 Å². The average Bonchev–Trinajstić information content (AvgIpc) is 3.28. The van der Waals surface area contributed by atoms with E-state index in [4.69, 9.17) is 14.0 Å². The number of nitrogens with one attached hydrogen (secondary N) is 1. The molecule has 0 spiro atoms. The van der Waals surface area contributed by atoms with Gasteiger partial charge in [0.1, 0.15) is 18.4 Å².